The van der Waals surface area contributed by atoms with Gasteiger partial charge in [0.25, 0.3) is 5.91 Å². The highest BCUT2D eigenvalue weighted by atomic mass is 32.1. The summed E-state index contributed by atoms with van der Waals surface area (Å²) in [5.41, 5.74) is 9.91. The molecule has 2 aromatic carbocycles. The summed E-state index contributed by atoms with van der Waals surface area (Å²) in [6.45, 7) is 2.84. The fourth-order valence-electron chi connectivity index (χ4n) is 4.85. The predicted octanol–water partition coefficient (Wildman–Crippen LogP) is 5.10. The van der Waals surface area contributed by atoms with Crippen molar-refractivity contribution in [3.05, 3.63) is 104 Å². The summed E-state index contributed by atoms with van der Waals surface area (Å²) in [4.78, 5) is 27.4. The second kappa shape index (κ2) is 9.89. The fourth-order valence-corrected chi connectivity index (χ4v) is 5.69. The molecule has 0 bridgehead atoms. The standard InChI is InChI=1S/C28H26N2O3S/c31-25-17-22-3-1-2-4-23(22)27(24-13-16-34-28(24)25)21-11-14-30(15-12-21)18-20-7-5-19(6-8-20)9-10-26(32)29-33/h1-10,13,16,33H,11-12,14-15,17-18H2,(H,29,32)/b10-9+. The Morgan fingerprint density at radius 3 is 2.56 bits per heavy atom. The number of carbonyl (C=O) groups is 2. The summed E-state index contributed by atoms with van der Waals surface area (Å²) < 4.78 is 0. The zero-order chi connectivity index (χ0) is 23.5. The third-order valence-electron chi connectivity index (χ3n) is 6.56. The monoisotopic (exact) mass is 470 g/mol. The van der Waals surface area contributed by atoms with E-state index in [2.05, 4.69) is 41.3 Å². The van der Waals surface area contributed by atoms with Crippen LogP contribution in [0.4, 0.5) is 0 Å². The Balaban J connectivity index is 1.32. The number of Topliss-reactive ketones (excluding diaryl/α,β-unsaturated/α-hetero) is 1. The quantitative estimate of drug-likeness (QED) is 0.316. The number of rotatable bonds is 4. The zero-order valence-corrected chi connectivity index (χ0v) is 19.6. The molecule has 1 aromatic heterocycles. The lowest BCUT2D eigenvalue weighted by Crippen LogP contribution is -2.30. The molecule has 0 spiro atoms. The van der Waals surface area contributed by atoms with Crippen LogP contribution >= 0.6 is 11.3 Å². The van der Waals surface area contributed by atoms with Crippen molar-refractivity contribution in [2.75, 3.05) is 13.1 Å². The summed E-state index contributed by atoms with van der Waals surface area (Å²) in [5.74, 6) is -0.321. The van der Waals surface area contributed by atoms with Crippen LogP contribution in [0, 0.1) is 0 Å². The highest BCUT2D eigenvalue weighted by Gasteiger charge is 2.27. The van der Waals surface area contributed by atoms with Gasteiger partial charge in [-0.05, 0) is 58.2 Å². The van der Waals surface area contributed by atoms with Crippen LogP contribution in [0.25, 0.3) is 11.6 Å². The van der Waals surface area contributed by atoms with Crippen LogP contribution in [0.15, 0.2) is 71.6 Å². The summed E-state index contributed by atoms with van der Waals surface area (Å²) in [5, 5.41) is 10.6. The number of thiophene rings is 1. The summed E-state index contributed by atoms with van der Waals surface area (Å²) in [7, 11) is 0. The fraction of sp³-hybridized carbons (Fsp3) is 0.214. The molecule has 2 heterocycles. The van der Waals surface area contributed by atoms with Gasteiger partial charge in [-0.25, -0.2) is 5.48 Å². The zero-order valence-electron chi connectivity index (χ0n) is 18.8. The van der Waals surface area contributed by atoms with Gasteiger partial charge in [-0.1, -0.05) is 54.1 Å². The Bertz CT molecular complexity index is 1280. The molecule has 1 amide bonds. The second-order valence-corrected chi connectivity index (χ2v) is 9.64. The largest absolute Gasteiger partial charge is 0.298 e. The molecule has 5 nitrogen and oxygen atoms in total. The van der Waals surface area contributed by atoms with Crippen LogP contribution < -0.4 is 5.48 Å². The Kier molecular flexibility index (Phi) is 6.54. The molecule has 1 saturated heterocycles. The van der Waals surface area contributed by atoms with E-state index in [1.807, 2.05) is 23.6 Å². The summed E-state index contributed by atoms with van der Waals surface area (Å²) in [6.07, 6.45) is 5.42. The minimum Gasteiger partial charge on any atom is -0.298 e. The van der Waals surface area contributed by atoms with Crippen LogP contribution in [0.1, 0.15) is 50.3 Å². The first-order valence-corrected chi connectivity index (χ1v) is 12.3. The van der Waals surface area contributed by atoms with Gasteiger partial charge >= 0.3 is 0 Å². The SMILES string of the molecule is O=C(/C=C/c1ccc(CN2CCC(=C3c4ccccc4CC(=O)c4sccc43)CC2)cc1)NO. The molecular weight excluding hydrogens is 444 g/mol. The summed E-state index contributed by atoms with van der Waals surface area (Å²) >= 11 is 1.56. The first-order valence-electron chi connectivity index (χ1n) is 11.5. The maximum atomic E-state index is 12.9. The van der Waals surface area contributed by atoms with E-state index in [1.54, 1.807) is 22.9 Å². The van der Waals surface area contributed by atoms with Crippen LogP contribution in [0.2, 0.25) is 0 Å². The number of ketones is 1. The lowest BCUT2D eigenvalue weighted by molar-refractivity contribution is -0.124. The van der Waals surface area contributed by atoms with Crippen molar-refractivity contribution in [2.45, 2.75) is 25.8 Å². The summed E-state index contributed by atoms with van der Waals surface area (Å²) in [6, 6.07) is 18.6. The number of piperidine rings is 1. The van der Waals surface area contributed by atoms with E-state index < -0.39 is 5.91 Å². The van der Waals surface area contributed by atoms with Crippen molar-refractivity contribution in [3.63, 3.8) is 0 Å². The second-order valence-electron chi connectivity index (χ2n) is 8.73. The van der Waals surface area contributed by atoms with Crippen LogP contribution in [0.3, 0.4) is 0 Å². The molecule has 5 rings (SSSR count). The number of benzene rings is 2. The molecule has 6 heteroatoms. The number of nitrogens with zero attached hydrogens (tertiary/aromatic N) is 1. The molecule has 0 radical (unpaired) electrons. The van der Waals surface area contributed by atoms with Gasteiger partial charge in [-0.15, -0.1) is 11.3 Å². The Hall–Kier alpha value is -3.32. The number of likely N-dealkylation sites (tertiary alicyclic amines) is 1. The van der Waals surface area contributed by atoms with Gasteiger partial charge in [-0.2, -0.15) is 0 Å². The van der Waals surface area contributed by atoms with Gasteiger partial charge in [-0.3, -0.25) is 19.7 Å². The highest BCUT2D eigenvalue weighted by Crippen LogP contribution is 2.40. The molecule has 2 N–H and O–H groups in total. The molecule has 1 fully saturated rings. The molecule has 1 aliphatic carbocycles. The number of carbonyl (C=O) groups excluding carboxylic acids is 2. The van der Waals surface area contributed by atoms with E-state index in [0.29, 0.717) is 6.42 Å². The molecular formula is C28H26N2O3S. The molecule has 3 aromatic rings. The smallest absolute Gasteiger partial charge is 0.267 e. The average Bonchev–Trinajstić information content (AvgIpc) is 3.31. The maximum absolute atomic E-state index is 12.9. The van der Waals surface area contributed by atoms with Crippen molar-refractivity contribution in [2.24, 2.45) is 0 Å². The van der Waals surface area contributed by atoms with Crippen molar-refractivity contribution in [3.8, 4) is 0 Å². The van der Waals surface area contributed by atoms with E-state index in [4.69, 9.17) is 5.21 Å². The minimum absolute atomic E-state index is 0.223. The normalized spacial score (nSPS) is 16.3. The third kappa shape index (κ3) is 4.66. The number of hydroxylamine groups is 1. The van der Waals surface area contributed by atoms with Crippen LogP contribution in [0.5, 0.6) is 0 Å². The molecule has 0 atom stereocenters. The third-order valence-corrected chi connectivity index (χ3v) is 7.52. The molecule has 2 aliphatic rings. The lowest BCUT2D eigenvalue weighted by Gasteiger charge is -2.30. The van der Waals surface area contributed by atoms with Crippen molar-refractivity contribution >= 4 is 34.7 Å². The van der Waals surface area contributed by atoms with Crippen molar-refractivity contribution < 1.29 is 14.8 Å². The Morgan fingerprint density at radius 1 is 1.03 bits per heavy atom. The Morgan fingerprint density at radius 2 is 1.79 bits per heavy atom. The number of hydrogen-bond acceptors (Lipinski definition) is 5. The van der Waals surface area contributed by atoms with Crippen molar-refractivity contribution in [1.82, 2.24) is 10.4 Å². The first kappa shape index (κ1) is 22.5. The van der Waals surface area contributed by atoms with Crippen molar-refractivity contribution in [1.29, 1.82) is 0 Å². The first-order chi connectivity index (χ1) is 16.6. The van der Waals surface area contributed by atoms with E-state index in [-0.39, 0.29) is 5.78 Å². The topological polar surface area (TPSA) is 69.6 Å². The van der Waals surface area contributed by atoms with E-state index in [0.717, 1.165) is 54.0 Å². The number of fused-ring (bicyclic) bond motifs is 2. The molecule has 0 unspecified atom stereocenters. The average molecular weight is 471 g/mol. The maximum Gasteiger partial charge on any atom is 0.267 e. The molecule has 1 aliphatic heterocycles. The van der Waals surface area contributed by atoms with E-state index >= 15 is 0 Å². The van der Waals surface area contributed by atoms with Gasteiger partial charge in [0.1, 0.15) is 0 Å². The van der Waals surface area contributed by atoms with Crippen LogP contribution in [-0.2, 0) is 17.8 Å². The molecule has 172 valence electrons. The predicted molar refractivity (Wildman–Crippen MR) is 135 cm³/mol. The Labute approximate surface area is 203 Å². The van der Waals surface area contributed by atoms with Gasteiger partial charge in [0, 0.05) is 37.7 Å². The minimum atomic E-state index is -0.544. The van der Waals surface area contributed by atoms with Gasteiger partial charge in [0.15, 0.2) is 5.78 Å². The van der Waals surface area contributed by atoms with E-state index in [1.165, 1.54) is 28.3 Å². The van der Waals surface area contributed by atoms with Gasteiger partial charge in [0.2, 0.25) is 0 Å². The van der Waals surface area contributed by atoms with Crippen LogP contribution in [-0.4, -0.2) is 34.9 Å². The van der Waals surface area contributed by atoms with E-state index in [9.17, 15) is 9.59 Å². The molecule has 0 saturated carbocycles. The number of amides is 1. The van der Waals surface area contributed by atoms with Gasteiger partial charge in [0.05, 0.1) is 4.88 Å². The number of hydrogen-bond donors (Lipinski definition) is 2. The highest BCUT2D eigenvalue weighted by molar-refractivity contribution is 7.12. The number of nitrogens with one attached hydrogen (secondary N) is 1. The lowest BCUT2D eigenvalue weighted by atomic mass is 9.87. The molecule has 34 heavy (non-hydrogen) atoms. The van der Waals surface area contributed by atoms with Gasteiger partial charge < -0.3 is 0 Å².